The molecule has 0 radical (unpaired) electrons. The van der Waals surface area contributed by atoms with E-state index >= 15 is 0 Å². The van der Waals surface area contributed by atoms with Gasteiger partial charge in [-0.15, -0.1) is 0 Å². The summed E-state index contributed by atoms with van der Waals surface area (Å²) in [6, 6.07) is 0. The maximum atomic E-state index is 11.9. The maximum absolute atomic E-state index is 11.9. The van der Waals surface area contributed by atoms with Crippen LogP contribution < -0.4 is 0 Å². The van der Waals surface area contributed by atoms with Gasteiger partial charge in [0.05, 0.1) is 12.2 Å². The number of methoxy groups -OCH3 is 1. The molecule has 0 aliphatic rings. The molecular weight excluding hydrogens is 256 g/mol. The Labute approximate surface area is 122 Å². The number of hydrogen-bond acceptors (Lipinski definition) is 4. The van der Waals surface area contributed by atoms with E-state index in [0.29, 0.717) is 18.8 Å². The average molecular weight is 286 g/mol. The Balaban J connectivity index is 4.49. The van der Waals surface area contributed by atoms with Crippen molar-refractivity contribution in [3.8, 4) is 0 Å². The van der Waals surface area contributed by atoms with E-state index in [0.717, 1.165) is 12.0 Å². The van der Waals surface area contributed by atoms with E-state index in [1.165, 1.54) is 7.11 Å². The molecule has 118 valence electrons. The van der Waals surface area contributed by atoms with Crippen LogP contribution in [-0.2, 0) is 9.53 Å². The molecule has 0 aromatic rings. The summed E-state index contributed by atoms with van der Waals surface area (Å²) in [4.78, 5) is 11.9. The number of rotatable bonds is 10. The molecule has 4 heteroatoms. The molecule has 0 heterocycles. The predicted octanol–water partition coefficient (Wildman–Crippen LogP) is 2.47. The van der Waals surface area contributed by atoms with Gasteiger partial charge in [0.1, 0.15) is 6.10 Å². The summed E-state index contributed by atoms with van der Waals surface area (Å²) in [5.41, 5.74) is 0.767. The number of aliphatic hydroxyl groups excluding tert-OH is 2. The van der Waals surface area contributed by atoms with Crippen molar-refractivity contribution in [3.63, 3.8) is 0 Å². The number of carbonyl (C=O) groups excluding carboxylic acids is 1. The zero-order chi connectivity index (χ0) is 15.7. The molecule has 0 aromatic carbocycles. The Morgan fingerprint density at radius 1 is 1.15 bits per heavy atom. The first-order valence-electron chi connectivity index (χ1n) is 7.37. The molecule has 3 unspecified atom stereocenters. The van der Waals surface area contributed by atoms with Crippen LogP contribution >= 0.6 is 0 Å². The first-order valence-corrected chi connectivity index (χ1v) is 7.37. The number of ether oxygens (including phenoxy) is 1. The summed E-state index contributed by atoms with van der Waals surface area (Å²) in [6.45, 7) is 7.71. The van der Waals surface area contributed by atoms with Crippen LogP contribution in [0.3, 0.4) is 0 Å². The van der Waals surface area contributed by atoms with Gasteiger partial charge in [0, 0.05) is 13.5 Å². The standard InChI is InChI=1S/C16H30O4/c1-11(2)6-8-14(18)12(3)10-16(20-5)15(19)9-7-13(4)17/h10-11,13-14,16-18H,6-9H2,1-5H3. The molecule has 0 rings (SSSR count). The fraction of sp³-hybridized carbons (Fsp3) is 0.812. The van der Waals surface area contributed by atoms with Crippen LogP contribution in [0, 0.1) is 5.92 Å². The lowest BCUT2D eigenvalue weighted by Gasteiger charge is -2.16. The van der Waals surface area contributed by atoms with Crippen LogP contribution in [0.15, 0.2) is 11.6 Å². The minimum Gasteiger partial charge on any atom is -0.393 e. The highest BCUT2D eigenvalue weighted by Gasteiger charge is 2.17. The lowest BCUT2D eigenvalue weighted by molar-refractivity contribution is -0.126. The van der Waals surface area contributed by atoms with Crippen molar-refractivity contribution in [3.05, 3.63) is 11.6 Å². The number of carbonyl (C=O) groups is 1. The highest BCUT2D eigenvalue weighted by Crippen LogP contribution is 2.15. The van der Waals surface area contributed by atoms with Crippen LogP contribution in [0.5, 0.6) is 0 Å². The molecule has 3 atom stereocenters. The predicted molar refractivity (Wildman–Crippen MR) is 80.6 cm³/mol. The van der Waals surface area contributed by atoms with Gasteiger partial charge in [-0.05, 0) is 50.7 Å². The summed E-state index contributed by atoms with van der Waals surface area (Å²) >= 11 is 0. The first-order chi connectivity index (χ1) is 9.27. The maximum Gasteiger partial charge on any atom is 0.165 e. The van der Waals surface area contributed by atoms with Gasteiger partial charge in [-0.25, -0.2) is 0 Å². The molecule has 0 fully saturated rings. The second-order valence-electron chi connectivity index (χ2n) is 5.91. The minimum absolute atomic E-state index is 0.0659. The quantitative estimate of drug-likeness (QED) is 0.605. The van der Waals surface area contributed by atoms with Crippen molar-refractivity contribution in [2.45, 2.75) is 71.7 Å². The normalized spacial score (nSPS) is 17.1. The molecular formula is C16H30O4. The summed E-state index contributed by atoms with van der Waals surface area (Å²) < 4.78 is 5.17. The molecule has 0 spiro atoms. The second-order valence-corrected chi connectivity index (χ2v) is 5.91. The summed E-state index contributed by atoms with van der Waals surface area (Å²) in [5.74, 6) is 0.479. The van der Waals surface area contributed by atoms with Crippen molar-refractivity contribution in [2.75, 3.05) is 7.11 Å². The van der Waals surface area contributed by atoms with Crippen molar-refractivity contribution < 1.29 is 19.7 Å². The molecule has 0 amide bonds. The third-order valence-corrected chi connectivity index (χ3v) is 3.34. The van der Waals surface area contributed by atoms with E-state index in [-0.39, 0.29) is 12.2 Å². The van der Waals surface area contributed by atoms with Crippen molar-refractivity contribution in [2.24, 2.45) is 5.92 Å². The van der Waals surface area contributed by atoms with Gasteiger partial charge in [0.2, 0.25) is 0 Å². The topological polar surface area (TPSA) is 66.8 Å². The highest BCUT2D eigenvalue weighted by molar-refractivity contribution is 5.85. The van der Waals surface area contributed by atoms with E-state index < -0.39 is 18.3 Å². The Kier molecular flexibility index (Phi) is 9.72. The van der Waals surface area contributed by atoms with Crippen molar-refractivity contribution >= 4 is 5.78 Å². The smallest absolute Gasteiger partial charge is 0.165 e. The molecule has 0 aliphatic carbocycles. The van der Waals surface area contributed by atoms with E-state index in [4.69, 9.17) is 4.74 Å². The van der Waals surface area contributed by atoms with Gasteiger partial charge in [0.25, 0.3) is 0 Å². The molecule has 0 saturated heterocycles. The third-order valence-electron chi connectivity index (χ3n) is 3.34. The Hall–Kier alpha value is -0.710. The lowest BCUT2D eigenvalue weighted by atomic mass is 9.98. The van der Waals surface area contributed by atoms with Crippen LogP contribution in [-0.4, -0.2) is 41.4 Å². The molecule has 0 aliphatic heterocycles. The molecule has 4 nitrogen and oxygen atoms in total. The lowest BCUT2D eigenvalue weighted by Crippen LogP contribution is -2.23. The zero-order valence-electron chi connectivity index (χ0n) is 13.4. The zero-order valence-corrected chi connectivity index (χ0v) is 13.4. The van der Waals surface area contributed by atoms with Crippen LogP contribution in [0.4, 0.5) is 0 Å². The molecule has 2 N–H and O–H groups in total. The second kappa shape index (κ2) is 10.1. The fourth-order valence-electron chi connectivity index (χ4n) is 1.85. The minimum atomic E-state index is -0.637. The van der Waals surface area contributed by atoms with E-state index in [9.17, 15) is 15.0 Å². The third kappa shape index (κ3) is 8.46. The summed E-state index contributed by atoms with van der Waals surface area (Å²) in [5, 5.41) is 19.2. The van der Waals surface area contributed by atoms with E-state index in [1.54, 1.807) is 13.0 Å². The molecule has 0 saturated carbocycles. The molecule has 0 aromatic heterocycles. The van der Waals surface area contributed by atoms with Gasteiger partial charge in [-0.2, -0.15) is 0 Å². The fourth-order valence-corrected chi connectivity index (χ4v) is 1.85. The van der Waals surface area contributed by atoms with Crippen LogP contribution in [0.1, 0.15) is 53.4 Å². The Morgan fingerprint density at radius 2 is 1.75 bits per heavy atom. The SMILES string of the molecule is COC(C=C(C)C(O)CCC(C)C)C(=O)CCC(C)O. The Morgan fingerprint density at radius 3 is 2.20 bits per heavy atom. The van der Waals surface area contributed by atoms with Gasteiger partial charge in [0.15, 0.2) is 5.78 Å². The van der Waals surface area contributed by atoms with Gasteiger partial charge < -0.3 is 14.9 Å². The average Bonchev–Trinajstić information content (AvgIpc) is 2.38. The van der Waals surface area contributed by atoms with Crippen LogP contribution in [0.2, 0.25) is 0 Å². The van der Waals surface area contributed by atoms with Gasteiger partial charge >= 0.3 is 0 Å². The summed E-state index contributed by atoms with van der Waals surface area (Å²) in [7, 11) is 1.48. The van der Waals surface area contributed by atoms with Crippen LogP contribution in [0.25, 0.3) is 0 Å². The highest BCUT2D eigenvalue weighted by atomic mass is 16.5. The van der Waals surface area contributed by atoms with E-state index in [2.05, 4.69) is 13.8 Å². The van der Waals surface area contributed by atoms with Gasteiger partial charge in [-0.3, -0.25) is 4.79 Å². The van der Waals surface area contributed by atoms with Gasteiger partial charge in [-0.1, -0.05) is 13.8 Å². The summed E-state index contributed by atoms with van der Waals surface area (Å²) in [6.07, 6.45) is 2.39. The molecule has 0 bridgehead atoms. The monoisotopic (exact) mass is 286 g/mol. The van der Waals surface area contributed by atoms with Crippen molar-refractivity contribution in [1.29, 1.82) is 0 Å². The molecule has 20 heavy (non-hydrogen) atoms. The number of hydrogen-bond donors (Lipinski definition) is 2. The Bertz CT molecular complexity index is 308. The van der Waals surface area contributed by atoms with Crippen molar-refractivity contribution in [1.82, 2.24) is 0 Å². The van der Waals surface area contributed by atoms with E-state index in [1.807, 2.05) is 6.92 Å². The first kappa shape index (κ1) is 19.3. The number of ketones is 1. The largest absolute Gasteiger partial charge is 0.393 e. The number of aliphatic hydroxyl groups is 2. The number of Topliss-reactive ketones (excluding diaryl/α,β-unsaturated/α-hetero) is 1.